The van der Waals surface area contributed by atoms with Crippen LogP contribution in [0.3, 0.4) is 0 Å². The number of piperidine rings is 1. The van der Waals surface area contributed by atoms with Crippen LogP contribution in [0.2, 0.25) is 0 Å². The molecule has 1 unspecified atom stereocenters. The van der Waals surface area contributed by atoms with Crippen molar-refractivity contribution in [2.45, 2.75) is 38.5 Å². The van der Waals surface area contributed by atoms with Crippen molar-refractivity contribution in [1.82, 2.24) is 44.9 Å². The molecule has 0 saturated carbocycles. The Morgan fingerprint density at radius 3 is 1.30 bits per heavy atom. The average molecular weight is 924 g/mol. The van der Waals surface area contributed by atoms with Gasteiger partial charge in [0.1, 0.15) is 11.5 Å². The largest absolute Gasteiger partial charge is 0.344 e. The Hall–Kier alpha value is -5.31. The van der Waals surface area contributed by atoms with Crippen LogP contribution in [0.5, 0.6) is 0 Å². The zero-order valence-corrected chi connectivity index (χ0v) is 37.5. The number of carbonyl (C=O) groups excluding carboxylic acids is 12. The van der Waals surface area contributed by atoms with Crippen LogP contribution in [0, 0.1) is 0 Å². The zero-order valence-electron chi connectivity index (χ0n) is 35.1. The van der Waals surface area contributed by atoms with Gasteiger partial charge in [0, 0.05) is 118 Å². The molecule has 14 amide bonds. The highest BCUT2D eigenvalue weighted by atomic mass is 32.2. The zero-order chi connectivity index (χ0) is 46.8. The van der Waals surface area contributed by atoms with Gasteiger partial charge < -0.3 is 20.4 Å². The van der Waals surface area contributed by atoms with Crippen LogP contribution in [0.15, 0.2) is 0 Å². The molecule has 7 saturated heterocycles. The third kappa shape index (κ3) is 18.9. The molecule has 27 heteroatoms. The second-order valence-electron chi connectivity index (χ2n) is 13.6. The molecule has 7 aliphatic rings. The molecule has 0 radical (unpaired) electrons. The van der Waals surface area contributed by atoms with Crippen LogP contribution >= 0.6 is 11.8 Å². The number of hydrogen-bond acceptors (Lipinski definition) is 16. The van der Waals surface area contributed by atoms with Crippen molar-refractivity contribution >= 4 is 103 Å². The number of sulfone groups is 1. The van der Waals surface area contributed by atoms with Crippen molar-refractivity contribution in [2.75, 3.05) is 104 Å². The Morgan fingerprint density at radius 1 is 0.525 bits per heavy atom. The fourth-order valence-corrected chi connectivity index (χ4v) is 7.75. The van der Waals surface area contributed by atoms with Crippen LogP contribution < -0.4 is 10.6 Å². The predicted molar refractivity (Wildman–Crippen MR) is 218 cm³/mol. The summed E-state index contributed by atoms with van der Waals surface area (Å²) < 4.78 is 32.2. The first kappa shape index (κ1) is 53.7. The van der Waals surface area contributed by atoms with E-state index in [2.05, 4.69) is 10.6 Å². The lowest BCUT2D eigenvalue weighted by atomic mass is 10.1. The number of carbonyl (C=O) groups is 12. The van der Waals surface area contributed by atoms with Crippen LogP contribution in [-0.4, -0.2) is 222 Å². The van der Waals surface area contributed by atoms with E-state index >= 15 is 0 Å². The number of rotatable bonds is 0. The molecule has 0 aliphatic carbocycles. The summed E-state index contributed by atoms with van der Waals surface area (Å²) in [6.45, 7) is 1.60. The van der Waals surface area contributed by atoms with Gasteiger partial charge in [0.05, 0.1) is 18.1 Å². The van der Waals surface area contributed by atoms with Gasteiger partial charge in [-0.05, 0) is 6.42 Å². The van der Waals surface area contributed by atoms with E-state index in [9.17, 15) is 70.2 Å². The average Bonchev–Trinajstić information content (AvgIpc) is 3.79. The van der Waals surface area contributed by atoms with Crippen molar-refractivity contribution in [3.05, 3.63) is 0 Å². The minimum atomic E-state index is -3.06. The first-order chi connectivity index (χ1) is 28.3. The standard InChI is InChI=1S/C6H9NO2.C5H8N2O2.C5H9NO3S.C5H9NO2S.C5H7NO2.C4H6N2O2.C4H5NO2S/c1-7-5(8)3-2-4-6(7)9;1-7-4(8)2-3-6-5(7)9;1-6-2-3-10(8,9)4-5(6)7;1-6-2-3-9(8)4-5(6)7;1-6-4(7)2-3-5(6)8;1-6-3(7)2-5-4(6)8;1-5-3(6)2-8-4(5)7/h2-4H2,1H3;2-3H2,1H3,(H,6,9);2-4H2,1H3;2-4H2,1H3;2-3H2,1H3;2H2,1H3,(H,5,8);2H2,1H3. The topological polar surface area (TPSA) is 303 Å². The van der Waals surface area contributed by atoms with Gasteiger partial charge in [0.15, 0.2) is 9.84 Å². The van der Waals surface area contributed by atoms with E-state index in [1.165, 1.54) is 49.9 Å². The highest BCUT2D eigenvalue weighted by Gasteiger charge is 2.27. The quantitative estimate of drug-likeness (QED) is 0.181. The smallest absolute Gasteiger partial charge is 0.324 e. The minimum Gasteiger partial charge on any atom is -0.344 e. The summed E-state index contributed by atoms with van der Waals surface area (Å²) in [5.74, 6) is 0.0642. The number of nitrogens with zero attached hydrogens (tertiary/aromatic N) is 7. The maximum Gasteiger partial charge on any atom is 0.324 e. The van der Waals surface area contributed by atoms with Gasteiger partial charge in [0.2, 0.25) is 53.2 Å². The molecule has 342 valence electrons. The monoisotopic (exact) mass is 923 g/mol. The van der Waals surface area contributed by atoms with E-state index in [1.807, 2.05) is 0 Å². The molecule has 7 aliphatic heterocycles. The molecule has 7 fully saturated rings. The molecule has 2 N–H and O–H groups in total. The lowest BCUT2D eigenvalue weighted by molar-refractivity contribution is -0.146. The van der Waals surface area contributed by atoms with Gasteiger partial charge in [-0.3, -0.25) is 76.7 Å². The minimum absolute atomic E-state index is 0.000386. The first-order valence-electron chi connectivity index (χ1n) is 18.4. The van der Waals surface area contributed by atoms with Crippen molar-refractivity contribution in [2.24, 2.45) is 0 Å². The summed E-state index contributed by atoms with van der Waals surface area (Å²) in [5.41, 5.74) is 0. The fourth-order valence-electron chi connectivity index (χ4n) is 4.60. The van der Waals surface area contributed by atoms with Crippen LogP contribution in [-0.2, 0) is 63.8 Å². The highest BCUT2D eigenvalue weighted by molar-refractivity contribution is 8.14. The number of thioether (sulfide) groups is 1. The summed E-state index contributed by atoms with van der Waals surface area (Å²) >= 11 is 1.05. The van der Waals surface area contributed by atoms with Crippen molar-refractivity contribution in [3.63, 3.8) is 0 Å². The number of likely N-dealkylation sites (N-methyl/N-ethyl adjacent to an activating group) is 1. The lowest BCUT2D eigenvalue weighted by Gasteiger charge is -2.21. The maximum atomic E-state index is 10.8. The van der Waals surface area contributed by atoms with E-state index < -0.39 is 20.6 Å². The Kier molecular flexibility index (Phi) is 22.4. The predicted octanol–water partition coefficient (Wildman–Crippen LogP) is -2.96. The number of imide groups is 5. The van der Waals surface area contributed by atoms with Crippen molar-refractivity contribution in [1.29, 1.82) is 0 Å². The molecule has 7 heterocycles. The molecule has 24 nitrogen and oxygen atoms in total. The summed E-state index contributed by atoms with van der Waals surface area (Å²) in [4.78, 5) is 136. The van der Waals surface area contributed by atoms with E-state index in [1.54, 1.807) is 19.0 Å². The fraction of sp³-hybridized carbons (Fsp3) is 0.647. The Bertz CT molecular complexity index is 1680. The second-order valence-corrected chi connectivity index (χ2v) is 18.3. The normalized spacial score (nSPS) is 22.2. The third-order valence-corrected chi connectivity index (χ3v) is 12.6. The van der Waals surface area contributed by atoms with Gasteiger partial charge in [0.25, 0.3) is 5.24 Å². The van der Waals surface area contributed by atoms with Gasteiger partial charge in [-0.2, -0.15) is 0 Å². The summed E-state index contributed by atoms with van der Waals surface area (Å²) in [7, 11) is 6.86. The van der Waals surface area contributed by atoms with Gasteiger partial charge in [-0.1, -0.05) is 11.8 Å². The first-order valence-corrected chi connectivity index (χ1v) is 22.7. The summed E-state index contributed by atoms with van der Waals surface area (Å²) in [5, 5.41) is 4.74. The van der Waals surface area contributed by atoms with E-state index in [0.29, 0.717) is 63.2 Å². The molecular weight excluding hydrogens is 871 g/mol. The van der Waals surface area contributed by atoms with E-state index in [0.717, 1.165) is 32.9 Å². The molecule has 0 spiro atoms. The van der Waals surface area contributed by atoms with Crippen LogP contribution in [0.1, 0.15) is 38.5 Å². The molecule has 0 bridgehead atoms. The van der Waals surface area contributed by atoms with Crippen molar-refractivity contribution < 1.29 is 70.2 Å². The molecule has 1 atom stereocenters. The second kappa shape index (κ2) is 25.5. The number of hydrogen-bond donors (Lipinski definition) is 2. The van der Waals surface area contributed by atoms with E-state index in [-0.39, 0.29) is 94.3 Å². The Balaban J connectivity index is 0.000000356. The molecule has 7 rings (SSSR count). The molecule has 61 heavy (non-hydrogen) atoms. The molecule has 0 aromatic carbocycles. The summed E-state index contributed by atoms with van der Waals surface area (Å²) in [6, 6.07) is -0.610. The molecule has 0 aromatic heterocycles. The number of urea groups is 2. The van der Waals surface area contributed by atoms with E-state index in [4.69, 9.17) is 0 Å². The molecule has 0 aromatic rings. The van der Waals surface area contributed by atoms with Crippen molar-refractivity contribution in [3.8, 4) is 0 Å². The number of nitrogens with one attached hydrogen (secondary N) is 2. The third-order valence-electron chi connectivity index (χ3n) is 9.03. The Labute approximate surface area is 359 Å². The molecular formula is C34H53N9O15S3. The lowest BCUT2D eigenvalue weighted by Crippen LogP contribution is -2.47. The maximum absolute atomic E-state index is 10.8. The number of likely N-dealkylation sites (tertiary alicyclic amines) is 2. The van der Waals surface area contributed by atoms with Gasteiger partial charge in [-0.25, -0.2) is 18.0 Å². The summed E-state index contributed by atoms with van der Waals surface area (Å²) in [6.07, 6.45) is 3.00. The van der Waals surface area contributed by atoms with Crippen LogP contribution in [0.25, 0.3) is 0 Å². The number of amides is 14. The van der Waals surface area contributed by atoms with Gasteiger partial charge in [-0.15, -0.1) is 0 Å². The SMILES string of the molecule is CN1C(=O)CCC1=O.CN1C(=O)CCCC1=O.CN1C(=O)CCNC1=O.CN1C(=O)CNC1=O.CN1C(=O)CSC1=O.CN1CCS(=O)(=O)CC1=O.CN1CCS(=O)CC1=O. The highest BCUT2D eigenvalue weighted by Crippen LogP contribution is 2.15. The van der Waals surface area contributed by atoms with Crippen LogP contribution in [0.4, 0.5) is 14.4 Å². The Morgan fingerprint density at radius 2 is 1.00 bits per heavy atom. The van der Waals surface area contributed by atoms with Gasteiger partial charge >= 0.3 is 12.1 Å².